The highest BCUT2D eigenvalue weighted by molar-refractivity contribution is 5.85. The summed E-state index contributed by atoms with van der Waals surface area (Å²) in [5, 5.41) is 10.5. The van der Waals surface area contributed by atoms with Gasteiger partial charge in [-0.1, -0.05) is 76.2 Å². The molecule has 12 rings (SSSR count). The van der Waals surface area contributed by atoms with Gasteiger partial charge in [0.05, 0.1) is 49.0 Å². The zero-order valence-corrected chi connectivity index (χ0v) is 46.9. The summed E-state index contributed by atoms with van der Waals surface area (Å²) >= 11 is 0. The highest BCUT2D eigenvalue weighted by Crippen LogP contribution is 2.36. The van der Waals surface area contributed by atoms with Gasteiger partial charge in [0, 0.05) is 80.1 Å². The van der Waals surface area contributed by atoms with Gasteiger partial charge in [-0.05, 0) is 54.3 Å². The van der Waals surface area contributed by atoms with Crippen LogP contribution in [0.5, 0.6) is 0 Å². The third-order valence-corrected chi connectivity index (χ3v) is 14.0. The number of alkyl halides is 6. The van der Waals surface area contributed by atoms with Crippen molar-refractivity contribution < 1.29 is 36.2 Å². The predicted molar refractivity (Wildman–Crippen MR) is 303 cm³/mol. The van der Waals surface area contributed by atoms with Crippen molar-refractivity contribution in [3.05, 3.63) is 165 Å². The number of fused-ring (bicyclic) bond motifs is 2. The van der Waals surface area contributed by atoms with Gasteiger partial charge in [0.15, 0.2) is 34.3 Å². The summed E-state index contributed by atoms with van der Waals surface area (Å²) in [7, 11) is 1.92. The quantitative estimate of drug-likeness (QED) is 0.0833. The van der Waals surface area contributed by atoms with Gasteiger partial charge >= 0.3 is 23.7 Å². The fraction of sp³-hybridized carbons (Fsp3) is 0.316. The number of likely N-dealkylation sites (N-methyl/N-ethyl adjacent to an activating group) is 1. The first-order chi connectivity index (χ1) is 39.5. The first kappa shape index (κ1) is 59.7. The van der Waals surface area contributed by atoms with E-state index < -0.39 is 29.7 Å². The van der Waals surface area contributed by atoms with E-state index in [4.69, 9.17) is 19.9 Å². The van der Waals surface area contributed by atoms with Gasteiger partial charge in [-0.2, -0.15) is 26.3 Å². The molecule has 0 radical (unpaired) electrons. The van der Waals surface area contributed by atoms with Crippen molar-refractivity contribution >= 4 is 40.7 Å². The number of hydrogen-bond acceptors (Lipinski definition) is 13. The van der Waals surface area contributed by atoms with Crippen LogP contribution in [0.4, 0.5) is 26.3 Å². The van der Waals surface area contributed by atoms with Gasteiger partial charge in [0.25, 0.3) is 5.97 Å². The molecule has 27 heteroatoms. The summed E-state index contributed by atoms with van der Waals surface area (Å²) in [5.41, 5.74) is 5.47. The second kappa shape index (κ2) is 24.1. The zero-order chi connectivity index (χ0) is 59.1. The van der Waals surface area contributed by atoms with Crippen LogP contribution in [0.2, 0.25) is 0 Å². The van der Waals surface area contributed by atoms with Crippen molar-refractivity contribution in [1.82, 2.24) is 78.3 Å². The Balaban J connectivity index is 0.000000187. The number of pyridine rings is 2. The Morgan fingerprint density at radius 1 is 0.619 bits per heavy atom. The topological polar surface area (TPSA) is 241 Å². The number of rotatable bonds is 12. The number of aromatic nitrogens is 14. The van der Waals surface area contributed by atoms with Crippen molar-refractivity contribution in [2.75, 3.05) is 33.2 Å². The first-order valence-corrected chi connectivity index (χ1v) is 26.4. The SMILES string of the molecule is CC(=O)O.CC(C)c1ncccc1-c1ncc2[nH]c(=O)n(Cc3ccc(-c4nc(C(F)(F)F)cn4C4CN(C)C4)cc3)c2n1.CC(C)c1ncccc1-c1ncc2[nH]c(=O)n(Cc3ccc(-c4nc(C(F)(F)F)cn4C4CNC4)cc3)c2n1.Cl. The van der Waals surface area contributed by atoms with Crippen LogP contribution in [-0.2, 0) is 30.2 Å². The lowest BCUT2D eigenvalue weighted by molar-refractivity contribution is -0.141. The van der Waals surface area contributed by atoms with E-state index in [9.17, 15) is 35.9 Å². The third kappa shape index (κ3) is 12.7. The maximum absolute atomic E-state index is 13.5. The molecule has 0 aliphatic carbocycles. The standard InChI is InChI=1S/C28H27F3N8O.C27H25F3N8O.C2H4O2.ClH/c1-16(2)23-20(5-4-10-32-23)24-33-11-21-26(36-24)39(27(40)34-21)12-17-6-8-18(9-7-17)25-35-22(28(29,30)31)15-38(25)19-13-37(3)14-19;1-15(2)22-19(4-3-9-32-22)23-33-12-20-25(36-23)38(26(39)34-20)13-16-5-7-17(8-6-16)24-35-21(27(28,29)30)14-37(24)18-10-31-11-18;1-2(3)4;/h4-11,15-16,19H,12-14H2,1-3H3,(H,34,40);3-9,12,14-15,18,31H,10-11,13H2,1-2H3,(H,34,39);1H3,(H,3,4);1H. The van der Waals surface area contributed by atoms with Crippen molar-refractivity contribution in [3.8, 4) is 45.6 Å². The zero-order valence-electron chi connectivity index (χ0n) is 46.1. The molecule has 0 unspecified atom stereocenters. The van der Waals surface area contributed by atoms with Crippen molar-refractivity contribution in [1.29, 1.82) is 0 Å². The van der Waals surface area contributed by atoms with Gasteiger partial charge in [-0.3, -0.25) is 23.9 Å². The van der Waals surface area contributed by atoms with E-state index in [-0.39, 0.29) is 72.4 Å². The molecule has 2 aromatic carbocycles. The van der Waals surface area contributed by atoms with E-state index in [2.05, 4.69) is 45.2 Å². The number of H-pyrrole nitrogens is 2. The number of carbonyl (C=O) groups is 1. The number of hydrogen-bond donors (Lipinski definition) is 4. The predicted octanol–water partition coefficient (Wildman–Crippen LogP) is 9.61. The summed E-state index contributed by atoms with van der Waals surface area (Å²) in [6.45, 7) is 12.2. The van der Waals surface area contributed by atoms with Crippen LogP contribution in [0.15, 0.2) is 120 Å². The minimum atomic E-state index is -4.53. The number of imidazole rings is 4. The largest absolute Gasteiger partial charge is 0.481 e. The van der Waals surface area contributed by atoms with E-state index >= 15 is 0 Å². The van der Waals surface area contributed by atoms with Crippen LogP contribution in [0, 0.1) is 0 Å². The molecule has 0 amide bonds. The molecule has 10 aromatic rings. The van der Waals surface area contributed by atoms with Crippen molar-refractivity contribution in [2.24, 2.45) is 0 Å². The third-order valence-electron chi connectivity index (χ3n) is 14.0. The Bertz CT molecular complexity index is 4090. The molecule has 4 N–H and O–H groups in total. The molecule has 0 spiro atoms. The van der Waals surface area contributed by atoms with Crippen molar-refractivity contribution in [2.45, 2.75) is 84.0 Å². The second-order valence-electron chi connectivity index (χ2n) is 20.9. The van der Waals surface area contributed by atoms with Crippen molar-refractivity contribution in [3.63, 3.8) is 0 Å². The maximum Gasteiger partial charge on any atom is 0.434 e. The summed E-state index contributed by atoms with van der Waals surface area (Å²) in [4.78, 5) is 77.4. The Morgan fingerprint density at radius 3 is 1.36 bits per heavy atom. The maximum atomic E-state index is 13.5. The number of carboxylic acids is 1. The Kier molecular flexibility index (Phi) is 17.2. The molecule has 0 atom stereocenters. The minimum absolute atomic E-state index is 0. The molecule has 2 aliphatic rings. The van der Waals surface area contributed by atoms with E-state index in [1.165, 1.54) is 9.13 Å². The smallest absolute Gasteiger partial charge is 0.434 e. The fourth-order valence-corrected chi connectivity index (χ4v) is 9.82. The minimum Gasteiger partial charge on any atom is -0.481 e. The second-order valence-corrected chi connectivity index (χ2v) is 20.9. The van der Waals surface area contributed by atoms with Crippen LogP contribution in [0.25, 0.3) is 67.9 Å². The molecular formula is C57H57ClF6N16O4. The molecule has 438 valence electrons. The number of benzene rings is 2. The number of likely N-dealkylation sites (tertiary alicyclic amines) is 1. The summed E-state index contributed by atoms with van der Waals surface area (Å²) in [5.74, 6) is 0.975. The number of halogens is 7. The van der Waals surface area contributed by atoms with Gasteiger partial charge in [-0.15, -0.1) is 12.4 Å². The molecule has 2 aliphatic heterocycles. The highest BCUT2D eigenvalue weighted by atomic mass is 35.5. The van der Waals surface area contributed by atoms with E-state index in [0.717, 1.165) is 53.0 Å². The lowest BCUT2D eigenvalue weighted by Crippen LogP contribution is -2.44. The number of carboxylic acid groups (broad SMARTS) is 1. The first-order valence-electron chi connectivity index (χ1n) is 26.4. The molecule has 84 heavy (non-hydrogen) atoms. The lowest BCUT2D eigenvalue weighted by atomic mass is 10.0. The molecule has 0 bridgehead atoms. The normalized spacial score (nSPS) is 14.0. The number of aliphatic carboxylic acids is 1. The molecular weight excluding hydrogens is 1120 g/mol. The molecule has 2 saturated heterocycles. The summed E-state index contributed by atoms with van der Waals surface area (Å²) < 4.78 is 86.8. The van der Waals surface area contributed by atoms with Gasteiger partial charge in [0.1, 0.15) is 22.7 Å². The Labute approximate surface area is 481 Å². The average Bonchev–Trinajstić information content (AvgIpc) is 4.23. The molecule has 0 saturated carbocycles. The van der Waals surface area contributed by atoms with Gasteiger partial charge < -0.3 is 34.4 Å². The Hall–Kier alpha value is -8.88. The molecule has 10 heterocycles. The highest BCUT2D eigenvalue weighted by Gasteiger charge is 2.38. The van der Waals surface area contributed by atoms with Crippen LogP contribution < -0.4 is 16.7 Å². The van der Waals surface area contributed by atoms with Gasteiger partial charge in [-0.25, -0.2) is 39.5 Å². The average molecular weight is 1180 g/mol. The summed E-state index contributed by atoms with van der Waals surface area (Å²) in [6.07, 6.45) is -0.254. The fourth-order valence-electron chi connectivity index (χ4n) is 9.82. The van der Waals surface area contributed by atoms with E-state index in [1.807, 2.05) is 63.9 Å². The van der Waals surface area contributed by atoms with Crippen LogP contribution in [-0.4, -0.2) is 117 Å². The van der Waals surface area contributed by atoms with E-state index in [1.54, 1.807) is 82.5 Å². The molecule has 20 nitrogen and oxygen atoms in total. The molecule has 8 aromatic heterocycles. The molecule has 2 fully saturated rings. The lowest BCUT2D eigenvalue weighted by Gasteiger charge is -2.37. The summed E-state index contributed by atoms with van der Waals surface area (Å²) in [6, 6.07) is 21.4. The van der Waals surface area contributed by atoms with E-state index in [0.29, 0.717) is 71.3 Å². The van der Waals surface area contributed by atoms with Crippen LogP contribution in [0.3, 0.4) is 0 Å². The number of nitrogens with one attached hydrogen (secondary N) is 3. The number of aromatic amines is 2. The van der Waals surface area contributed by atoms with Crippen LogP contribution >= 0.6 is 12.4 Å². The van der Waals surface area contributed by atoms with Crippen LogP contribution in [0.1, 0.15) is 92.4 Å². The monoisotopic (exact) mass is 1180 g/mol. The van der Waals surface area contributed by atoms with Gasteiger partial charge in [0.2, 0.25) is 0 Å². The number of nitrogens with zero attached hydrogens (tertiary/aromatic N) is 13. The Morgan fingerprint density at radius 2 is 1.01 bits per heavy atom.